The lowest BCUT2D eigenvalue weighted by molar-refractivity contribution is 0.369. The molecule has 0 amide bonds. The molecule has 1 N–H and O–H groups in total. The van der Waals surface area contributed by atoms with E-state index in [9.17, 15) is 0 Å². The smallest absolute Gasteiger partial charge is 0.0120 e. The van der Waals surface area contributed by atoms with Crippen LogP contribution in [0.2, 0.25) is 0 Å². The minimum atomic E-state index is 0.743. The van der Waals surface area contributed by atoms with Crippen molar-refractivity contribution >= 4 is 0 Å². The zero-order chi connectivity index (χ0) is 8.39. The Kier molecular flexibility index (Phi) is 2.13. The van der Waals surface area contributed by atoms with Gasteiger partial charge in [-0.05, 0) is 31.9 Å². The fourth-order valence-corrected chi connectivity index (χ4v) is 1.53. The predicted octanol–water partition coefficient (Wildman–Crippen LogP) is 1.90. The van der Waals surface area contributed by atoms with Gasteiger partial charge < -0.3 is 5.32 Å². The molecule has 1 heterocycles. The van der Waals surface area contributed by atoms with Gasteiger partial charge in [0.15, 0.2) is 0 Å². The van der Waals surface area contributed by atoms with E-state index in [2.05, 4.69) is 36.5 Å². The van der Waals surface area contributed by atoms with Crippen LogP contribution in [-0.2, 0) is 6.42 Å². The van der Waals surface area contributed by atoms with Crippen molar-refractivity contribution in [3.63, 3.8) is 0 Å². The quantitative estimate of drug-likeness (QED) is 0.698. The first-order valence-electron chi connectivity index (χ1n) is 4.63. The second-order valence-electron chi connectivity index (χ2n) is 3.63. The van der Waals surface area contributed by atoms with Crippen molar-refractivity contribution in [2.45, 2.75) is 25.8 Å². The number of hydrogen-bond donors (Lipinski definition) is 1. The molecule has 64 valence electrons. The van der Waals surface area contributed by atoms with E-state index in [1.54, 1.807) is 0 Å². The number of hydrogen-bond acceptors (Lipinski definition) is 1. The van der Waals surface area contributed by atoms with E-state index in [1.165, 1.54) is 30.5 Å². The summed E-state index contributed by atoms with van der Waals surface area (Å²) in [7, 11) is 0. The van der Waals surface area contributed by atoms with Crippen LogP contribution in [0.5, 0.6) is 0 Å². The molecule has 0 bridgehead atoms. The van der Waals surface area contributed by atoms with Gasteiger partial charge in [0.2, 0.25) is 0 Å². The maximum absolute atomic E-state index is 3.41. The van der Waals surface area contributed by atoms with Gasteiger partial charge in [0, 0.05) is 6.04 Å². The second-order valence-corrected chi connectivity index (χ2v) is 3.63. The van der Waals surface area contributed by atoms with Crippen LogP contribution in [0, 0.1) is 6.92 Å². The second kappa shape index (κ2) is 3.28. The molecule has 0 radical (unpaired) electrons. The number of rotatable bonds is 2. The molecule has 1 aliphatic rings. The van der Waals surface area contributed by atoms with Gasteiger partial charge in [-0.25, -0.2) is 0 Å². The summed E-state index contributed by atoms with van der Waals surface area (Å²) in [5.74, 6) is 0. The summed E-state index contributed by atoms with van der Waals surface area (Å²) in [5.41, 5.74) is 2.80. The van der Waals surface area contributed by atoms with Crippen LogP contribution < -0.4 is 5.32 Å². The Morgan fingerprint density at radius 3 is 2.50 bits per heavy atom. The zero-order valence-corrected chi connectivity index (χ0v) is 7.51. The Hall–Kier alpha value is -0.820. The molecule has 1 saturated heterocycles. The van der Waals surface area contributed by atoms with Gasteiger partial charge in [0.05, 0.1) is 0 Å². The van der Waals surface area contributed by atoms with E-state index < -0.39 is 0 Å². The molecule has 1 aromatic rings. The van der Waals surface area contributed by atoms with Gasteiger partial charge >= 0.3 is 0 Å². The highest BCUT2D eigenvalue weighted by atomic mass is 15.0. The first-order chi connectivity index (χ1) is 5.84. The highest BCUT2D eigenvalue weighted by Gasteiger charge is 2.15. The summed E-state index contributed by atoms with van der Waals surface area (Å²) < 4.78 is 0. The Labute approximate surface area is 73.8 Å². The van der Waals surface area contributed by atoms with E-state index in [1.807, 2.05) is 0 Å². The minimum Gasteiger partial charge on any atom is -0.314 e. The van der Waals surface area contributed by atoms with Crippen molar-refractivity contribution in [3.8, 4) is 0 Å². The van der Waals surface area contributed by atoms with Crippen LogP contribution in [0.4, 0.5) is 0 Å². The first-order valence-corrected chi connectivity index (χ1v) is 4.63. The lowest BCUT2D eigenvalue weighted by Gasteiger charge is -2.27. The fraction of sp³-hybridized carbons (Fsp3) is 0.455. The normalized spacial score (nSPS) is 21.9. The summed E-state index contributed by atoms with van der Waals surface area (Å²) in [4.78, 5) is 0. The molecule has 12 heavy (non-hydrogen) atoms. The average molecular weight is 161 g/mol. The molecular formula is C11H15N. The van der Waals surface area contributed by atoms with Crippen molar-refractivity contribution in [1.29, 1.82) is 0 Å². The van der Waals surface area contributed by atoms with Crippen LogP contribution >= 0.6 is 0 Å². The Morgan fingerprint density at radius 2 is 2.00 bits per heavy atom. The first kappa shape index (κ1) is 7.81. The molecule has 1 aliphatic heterocycles. The molecule has 1 nitrogen and oxygen atoms in total. The third kappa shape index (κ3) is 1.67. The van der Waals surface area contributed by atoms with Crippen molar-refractivity contribution in [2.24, 2.45) is 0 Å². The van der Waals surface area contributed by atoms with Crippen LogP contribution in [0.15, 0.2) is 24.3 Å². The summed E-state index contributed by atoms with van der Waals surface area (Å²) in [6, 6.07) is 9.58. The zero-order valence-electron chi connectivity index (χ0n) is 7.51. The molecule has 0 unspecified atom stereocenters. The maximum atomic E-state index is 3.41. The van der Waals surface area contributed by atoms with Crippen molar-refractivity contribution in [2.75, 3.05) is 6.54 Å². The highest BCUT2D eigenvalue weighted by molar-refractivity contribution is 5.22. The van der Waals surface area contributed by atoms with Crippen LogP contribution in [0.3, 0.4) is 0 Å². The lowest BCUT2D eigenvalue weighted by atomic mass is 9.98. The topological polar surface area (TPSA) is 12.0 Å². The summed E-state index contributed by atoms with van der Waals surface area (Å²) >= 11 is 0. The highest BCUT2D eigenvalue weighted by Crippen LogP contribution is 2.11. The van der Waals surface area contributed by atoms with Crippen LogP contribution in [0.25, 0.3) is 0 Å². The number of benzene rings is 1. The SMILES string of the molecule is Cc1ccc(C[C@@H]2CCN2)cc1. The van der Waals surface area contributed by atoms with Crippen LogP contribution in [-0.4, -0.2) is 12.6 Å². The summed E-state index contributed by atoms with van der Waals surface area (Å²) in [6.45, 7) is 3.34. The summed E-state index contributed by atoms with van der Waals surface area (Å²) in [5, 5.41) is 3.41. The van der Waals surface area contributed by atoms with E-state index >= 15 is 0 Å². The van der Waals surface area contributed by atoms with Gasteiger partial charge in [0.25, 0.3) is 0 Å². The van der Waals surface area contributed by atoms with E-state index in [-0.39, 0.29) is 0 Å². The van der Waals surface area contributed by atoms with Gasteiger partial charge in [-0.1, -0.05) is 29.8 Å². The molecule has 1 fully saturated rings. The van der Waals surface area contributed by atoms with Gasteiger partial charge in [-0.15, -0.1) is 0 Å². The molecule has 0 spiro atoms. The third-order valence-corrected chi connectivity index (χ3v) is 2.53. The molecule has 0 aromatic heterocycles. The molecule has 1 heteroatoms. The molecule has 0 saturated carbocycles. The van der Waals surface area contributed by atoms with Crippen molar-refractivity contribution in [1.82, 2.24) is 5.32 Å². The monoisotopic (exact) mass is 161 g/mol. The van der Waals surface area contributed by atoms with E-state index in [4.69, 9.17) is 0 Å². The maximum Gasteiger partial charge on any atom is 0.0120 e. The van der Waals surface area contributed by atoms with E-state index in [0.717, 1.165) is 6.04 Å². The van der Waals surface area contributed by atoms with Gasteiger partial charge in [-0.3, -0.25) is 0 Å². The molecule has 2 rings (SSSR count). The lowest BCUT2D eigenvalue weighted by Crippen LogP contribution is -2.44. The van der Waals surface area contributed by atoms with Gasteiger partial charge in [-0.2, -0.15) is 0 Å². The Morgan fingerprint density at radius 1 is 1.33 bits per heavy atom. The standard InChI is InChI=1S/C11H15N/c1-9-2-4-10(5-3-9)8-11-6-7-12-11/h2-5,11-12H,6-8H2,1H3/t11-/m0/s1. The fourth-order valence-electron chi connectivity index (χ4n) is 1.53. The largest absolute Gasteiger partial charge is 0.314 e. The molecule has 1 atom stereocenters. The predicted molar refractivity (Wildman–Crippen MR) is 51.3 cm³/mol. The van der Waals surface area contributed by atoms with Crippen molar-refractivity contribution < 1.29 is 0 Å². The summed E-state index contributed by atoms with van der Waals surface area (Å²) in [6.07, 6.45) is 2.54. The van der Waals surface area contributed by atoms with Crippen molar-refractivity contribution in [3.05, 3.63) is 35.4 Å². The minimum absolute atomic E-state index is 0.743. The number of aryl methyl sites for hydroxylation is 1. The molecule has 1 aromatic carbocycles. The van der Waals surface area contributed by atoms with Gasteiger partial charge in [0.1, 0.15) is 0 Å². The van der Waals surface area contributed by atoms with Crippen LogP contribution in [0.1, 0.15) is 17.5 Å². The number of nitrogens with one attached hydrogen (secondary N) is 1. The average Bonchev–Trinajstić information content (AvgIpc) is 2.00. The Bertz CT molecular complexity index is 246. The van der Waals surface area contributed by atoms with E-state index in [0.29, 0.717) is 0 Å². The third-order valence-electron chi connectivity index (χ3n) is 2.53. The Balaban J connectivity index is 1.98. The molecular weight excluding hydrogens is 146 g/mol. The molecule has 0 aliphatic carbocycles.